The molecular formula is C21H22Ca3O23. The first kappa shape index (κ1) is 63.6. The van der Waals surface area contributed by atoms with Gasteiger partial charge in [-0.2, -0.15) is 0 Å². The van der Waals surface area contributed by atoms with Crippen molar-refractivity contribution in [3.8, 4) is 0 Å². The van der Waals surface area contributed by atoms with Crippen molar-refractivity contribution in [2.24, 2.45) is 0 Å². The maximum atomic E-state index is 10.1. The SMILES string of the molecule is CC(=O)C(=O)O.CC(=O)C(=O)O.CC(=O)C(=O)O.O=C([O-])CC(O)(CC(=O)[O-])C(=O)[O-].O=C([O-])CC(O)(CC(=O)[O-])C(=O)[O-].[Ca+2].[Ca+2].[Ca+2]. The molecule has 0 spiro atoms. The van der Waals surface area contributed by atoms with Crippen LogP contribution in [0.2, 0.25) is 0 Å². The summed E-state index contributed by atoms with van der Waals surface area (Å²) in [5.41, 5.74) is -5.95. The van der Waals surface area contributed by atoms with Gasteiger partial charge in [0, 0.05) is 70.3 Å². The molecular weight excluding hydrogens is 740 g/mol. The number of carbonyl (C=O) groups excluding carboxylic acids is 9. The average Bonchev–Trinajstić information content (AvgIpc) is 2.78. The molecule has 0 atom stereocenters. The van der Waals surface area contributed by atoms with Crippen molar-refractivity contribution in [1.29, 1.82) is 0 Å². The molecule has 0 aliphatic rings. The maximum absolute atomic E-state index is 10.1. The number of carboxylic acids is 9. The maximum Gasteiger partial charge on any atom is 2.00 e. The van der Waals surface area contributed by atoms with Crippen molar-refractivity contribution < 1.29 is 114 Å². The van der Waals surface area contributed by atoms with Gasteiger partial charge in [-0.3, -0.25) is 14.4 Å². The Morgan fingerprint density at radius 3 is 0.553 bits per heavy atom. The molecule has 26 heteroatoms. The molecule has 0 rings (SSSR count). The summed E-state index contributed by atoms with van der Waals surface area (Å²) in [6.45, 7) is 3.01. The van der Waals surface area contributed by atoms with E-state index in [-0.39, 0.29) is 113 Å². The smallest absolute Gasteiger partial charge is 0.550 e. The van der Waals surface area contributed by atoms with Crippen LogP contribution in [0.4, 0.5) is 0 Å². The molecule has 0 aromatic rings. The quantitative estimate of drug-likeness (QED) is 0.0858. The van der Waals surface area contributed by atoms with Crippen molar-refractivity contribution in [3.05, 3.63) is 0 Å². The van der Waals surface area contributed by atoms with Gasteiger partial charge in [0.2, 0.25) is 17.3 Å². The van der Waals surface area contributed by atoms with Gasteiger partial charge < -0.3 is 84.9 Å². The summed E-state index contributed by atoms with van der Waals surface area (Å²) in [6, 6.07) is 0. The molecule has 47 heavy (non-hydrogen) atoms. The van der Waals surface area contributed by atoms with Crippen molar-refractivity contribution in [3.63, 3.8) is 0 Å². The molecule has 0 saturated carbocycles. The first-order valence-corrected chi connectivity index (χ1v) is 10.4. The molecule has 250 valence electrons. The number of rotatable bonds is 13. The Hall–Kier alpha value is -2.06. The number of carbonyl (C=O) groups is 12. The van der Waals surface area contributed by atoms with Crippen molar-refractivity contribution in [2.75, 3.05) is 0 Å². The Morgan fingerprint density at radius 1 is 0.404 bits per heavy atom. The monoisotopic (exact) mass is 762 g/mol. The van der Waals surface area contributed by atoms with Crippen LogP contribution in [0, 0.1) is 0 Å². The third kappa shape index (κ3) is 43.9. The zero-order chi connectivity index (χ0) is 36.8. The number of aliphatic hydroxyl groups is 2. The second-order valence-electron chi connectivity index (χ2n) is 7.42. The zero-order valence-corrected chi connectivity index (χ0v) is 31.2. The average molecular weight is 763 g/mol. The predicted octanol–water partition coefficient (Wildman–Crippen LogP) is -12.7. The van der Waals surface area contributed by atoms with Gasteiger partial charge in [-0.05, 0) is 0 Å². The van der Waals surface area contributed by atoms with Crippen LogP contribution in [0.15, 0.2) is 0 Å². The second-order valence-corrected chi connectivity index (χ2v) is 7.42. The summed E-state index contributed by atoms with van der Waals surface area (Å²) in [5.74, 6) is -18.6. The van der Waals surface area contributed by atoms with Gasteiger partial charge in [-0.1, -0.05) is 0 Å². The molecule has 23 nitrogen and oxygen atoms in total. The van der Waals surface area contributed by atoms with Crippen LogP contribution in [0.25, 0.3) is 0 Å². The summed E-state index contributed by atoms with van der Waals surface area (Å²) in [5, 5.41) is 101. The van der Waals surface area contributed by atoms with Gasteiger partial charge in [0.25, 0.3) is 0 Å². The molecule has 0 heterocycles. The van der Waals surface area contributed by atoms with Crippen LogP contribution >= 0.6 is 0 Å². The van der Waals surface area contributed by atoms with Crippen molar-refractivity contribution in [1.82, 2.24) is 0 Å². The van der Waals surface area contributed by atoms with Gasteiger partial charge in [0.15, 0.2) is 0 Å². The molecule has 0 radical (unpaired) electrons. The van der Waals surface area contributed by atoms with E-state index in [1.807, 2.05) is 0 Å². The summed E-state index contributed by atoms with van der Waals surface area (Å²) in [4.78, 5) is 117. The molecule has 0 aliphatic heterocycles. The Bertz CT molecular complexity index is 968. The van der Waals surface area contributed by atoms with E-state index in [9.17, 15) is 88.2 Å². The van der Waals surface area contributed by atoms with Gasteiger partial charge in [0.05, 0.1) is 11.9 Å². The summed E-state index contributed by atoms with van der Waals surface area (Å²) < 4.78 is 0. The number of carboxylic acid groups (broad SMARTS) is 9. The topological polar surface area (TPSA) is 444 Å². The van der Waals surface area contributed by atoms with Crippen LogP contribution in [0.1, 0.15) is 46.5 Å². The van der Waals surface area contributed by atoms with Crippen LogP contribution < -0.4 is 30.6 Å². The Kier molecular flexibility index (Phi) is 43.9. The van der Waals surface area contributed by atoms with E-state index in [1.54, 1.807) is 0 Å². The van der Waals surface area contributed by atoms with Crippen LogP contribution in [-0.2, 0) is 57.5 Å². The second kappa shape index (κ2) is 32.5. The molecule has 0 aromatic heterocycles. The van der Waals surface area contributed by atoms with E-state index in [2.05, 4.69) is 0 Å². The van der Waals surface area contributed by atoms with E-state index in [0.29, 0.717) is 0 Å². The van der Waals surface area contributed by atoms with Crippen LogP contribution in [0.3, 0.4) is 0 Å². The summed E-state index contributed by atoms with van der Waals surface area (Å²) in [6.07, 6.45) is -5.43. The number of hydrogen-bond donors (Lipinski definition) is 5. The number of Topliss-reactive ketones (excluding diaryl/α,β-unsaturated/α-hetero) is 3. The minimum atomic E-state index is -2.97. The van der Waals surface area contributed by atoms with E-state index >= 15 is 0 Å². The van der Waals surface area contributed by atoms with Crippen molar-refractivity contribution in [2.45, 2.75) is 57.7 Å². The minimum absolute atomic E-state index is 0. The fourth-order valence-electron chi connectivity index (χ4n) is 1.37. The minimum Gasteiger partial charge on any atom is -0.550 e. The molecule has 0 aromatic carbocycles. The van der Waals surface area contributed by atoms with Gasteiger partial charge in [0.1, 0.15) is 11.2 Å². The third-order valence-corrected chi connectivity index (χ3v) is 3.41. The Balaban J connectivity index is -0.0000000697. The summed E-state index contributed by atoms with van der Waals surface area (Å²) >= 11 is 0. The third-order valence-electron chi connectivity index (χ3n) is 3.41. The van der Waals surface area contributed by atoms with Crippen LogP contribution in [-0.4, -0.2) is 221 Å². The predicted molar refractivity (Wildman–Crippen MR) is 131 cm³/mol. The zero-order valence-electron chi connectivity index (χ0n) is 24.5. The molecule has 0 fully saturated rings. The normalized spacial score (nSPS) is 8.87. The van der Waals surface area contributed by atoms with Gasteiger partial charge in [-0.25, -0.2) is 14.4 Å². The van der Waals surface area contributed by atoms with E-state index in [0.717, 1.165) is 20.8 Å². The molecule has 5 N–H and O–H groups in total. The molecule has 0 saturated heterocycles. The van der Waals surface area contributed by atoms with Gasteiger partial charge >= 0.3 is 131 Å². The first-order valence-electron chi connectivity index (χ1n) is 10.4. The van der Waals surface area contributed by atoms with Crippen LogP contribution in [0.5, 0.6) is 0 Å². The summed E-state index contributed by atoms with van der Waals surface area (Å²) in [7, 11) is 0. The standard InChI is InChI=1S/2C6H8O7.3C3H4O3.3Ca/c2*7-3(8)1-6(13,5(11)12)2-4(9)10;3*1-2(4)3(5)6;;;/h2*13H,1-2H2,(H,7,8)(H,9,10)(H,11,12);3*1H3,(H,5,6);;;/q;;;;;3*+2/p-6. The van der Waals surface area contributed by atoms with Crippen molar-refractivity contribution >= 4 is 184 Å². The molecule has 0 amide bonds. The van der Waals surface area contributed by atoms with E-state index < -0.39 is 108 Å². The molecule has 0 unspecified atom stereocenters. The first-order chi connectivity index (χ1) is 19.5. The fourth-order valence-corrected chi connectivity index (χ4v) is 1.37. The molecule has 0 bridgehead atoms. The number of aliphatic carboxylic acids is 9. The fraction of sp³-hybridized carbons (Fsp3) is 0.429. The Morgan fingerprint density at radius 2 is 0.511 bits per heavy atom. The largest absolute Gasteiger partial charge is 2.00 e. The van der Waals surface area contributed by atoms with E-state index in [4.69, 9.17) is 25.5 Å². The van der Waals surface area contributed by atoms with Gasteiger partial charge in [-0.15, -0.1) is 0 Å². The number of ketones is 3. The van der Waals surface area contributed by atoms with E-state index in [1.165, 1.54) is 0 Å². The number of hydrogen-bond acceptors (Lipinski definition) is 20. The molecule has 0 aliphatic carbocycles. The Labute approximate surface area is 351 Å².